The molecule has 4 nitrogen and oxygen atoms in total. The maximum Gasteiger partial charge on any atom is 0.490 e. The first-order valence-electron chi connectivity index (χ1n) is 6.16. The van der Waals surface area contributed by atoms with Crippen LogP contribution in [0.4, 0.5) is 22.0 Å². The van der Waals surface area contributed by atoms with Crippen LogP contribution >= 0.6 is 0 Å². The van der Waals surface area contributed by atoms with Gasteiger partial charge in [-0.25, -0.2) is 13.6 Å². The Balaban J connectivity index is 0.000000246. The number of likely N-dealkylation sites (tertiary alicyclic amines) is 1. The lowest BCUT2D eigenvalue weighted by molar-refractivity contribution is -0.192. The van der Waals surface area contributed by atoms with E-state index < -0.39 is 18.6 Å². The molecule has 9 heteroatoms. The topological polar surface area (TPSA) is 52.6 Å². The lowest BCUT2D eigenvalue weighted by Crippen LogP contribution is -2.58. The predicted octanol–water partition coefficient (Wildman–Crippen LogP) is 1.57. The molecule has 118 valence electrons. The third-order valence-electron chi connectivity index (χ3n) is 3.56. The maximum absolute atomic E-state index is 12.1. The minimum absolute atomic E-state index is 0.0382. The van der Waals surface area contributed by atoms with Crippen molar-refractivity contribution in [2.24, 2.45) is 5.41 Å². The zero-order chi connectivity index (χ0) is 15.4. The van der Waals surface area contributed by atoms with Crippen molar-refractivity contribution in [1.82, 2.24) is 10.2 Å². The van der Waals surface area contributed by atoms with Gasteiger partial charge in [0.2, 0.25) is 0 Å². The minimum Gasteiger partial charge on any atom is -0.475 e. The zero-order valence-electron chi connectivity index (χ0n) is 10.7. The fraction of sp³-hybridized carbons (Fsp3) is 0.909. The minimum atomic E-state index is -5.08. The second-order valence-corrected chi connectivity index (χ2v) is 5.10. The van der Waals surface area contributed by atoms with Crippen LogP contribution in [-0.4, -0.2) is 61.3 Å². The Hall–Kier alpha value is -0.960. The van der Waals surface area contributed by atoms with Crippen LogP contribution in [0.3, 0.4) is 0 Å². The van der Waals surface area contributed by atoms with Crippen molar-refractivity contribution in [3.8, 4) is 0 Å². The molecule has 2 saturated heterocycles. The summed E-state index contributed by atoms with van der Waals surface area (Å²) in [5.74, 6) is -2.76. The lowest BCUT2D eigenvalue weighted by Gasteiger charge is -2.48. The number of piperidine rings is 1. The largest absolute Gasteiger partial charge is 0.490 e. The van der Waals surface area contributed by atoms with E-state index in [9.17, 15) is 22.0 Å². The molecule has 0 saturated carbocycles. The van der Waals surface area contributed by atoms with Gasteiger partial charge in [-0.2, -0.15) is 13.2 Å². The van der Waals surface area contributed by atoms with Crippen LogP contribution in [0.25, 0.3) is 0 Å². The molecule has 0 bridgehead atoms. The molecule has 0 unspecified atom stereocenters. The maximum atomic E-state index is 12.1. The SMILES string of the molecule is FC(F)CN1CCC2(CC1)CNC2.O=C(O)C(F)(F)F. The van der Waals surface area contributed by atoms with Gasteiger partial charge in [0.1, 0.15) is 0 Å². The van der Waals surface area contributed by atoms with Gasteiger partial charge < -0.3 is 10.4 Å². The highest BCUT2D eigenvalue weighted by Crippen LogP contribution is 2.34. The van der Waals surface area contributed by atoms with Crippen molar-refractivity contribution in [1.29, 1.82) is 0 Å². The molecule has 0 aromatic carbocycles. The van der Waals surface area contributed by atoms with Crippen molar-refractivity contribution in [2.75, 3.05) is 32.7 Å². The molecule has 0 atom stereocenters. The van der Waals surface area contributed by atoms with E-state index in [2.05, 4.69) is 5.32 Å². The molecule has 2 fully saturated rings. The lowest BCUT2D eigenvalue weighted by atomic mass is 9.73. The van der Waals surface area contributed by atoms with E-state index in [1.165, 1.54) is 0 Å². The van der Waals surface area contributed by atoms with Crippen LogP contribution in [0.1, 0.15) is 12.8 Å². The van der Waals surface area contributed by atoms with Gasteiger partial charge in [-0.05, 0) is 31.3 Å². The van der Waals surface area contributed by atoms with E-state index >= 15 is 0 Å². The summed E-state index contributed by atoms with van der Waals surface area (Å²) >= 11 is 0. The van der Waals surface area contributed by atoms with Crippen LogP contribution < -0.4 is 5.32 Å². The molecule has 0 aromatic rings. The number of nitrogens with zero attached hydrogens (tertiary/aromatic N) is 1. The van der Waals surface area contributed by atoms with Crippen LogP contribution in [0, 0.1) is 5.41 Å². The van der Waals surface area contributed by atoms with Gasteiger partial charge in [-0.3, -0.25) is 4.90 Å². The van der Waals surface area contributed by atoms with Gasteiger partial charge in [0.25, 0.3) is 6.43 Å². The Morgan fingerprint density at radius 1 is 1.25 bits per heavy atom. The Labute approximate surface area is 112 Å². The molecule has 2 aliphatic heterocycles. The van der Waals surface area contributed by atoms with Gasteiger partial charge in [0, 0.05) is 13.1 Å². The number of halogens is 5. The molecule has 0 amide bonds. The summed E-state index contributed by atoms with van der Waals surface area (Å²) in [6, 6.07) is 0. The number of carbonyl (C=O) groups is 1. The highest BCUT2D eigenvalue weighted by atomic mass is 19.4. The molecule has 2 heterocycles. The average Bonchev–Trinajstić information content (AvgIpc) is 2.26. The molecule has 2 aliphatic rings. The van der Waals surface area contributed by atoms with Crippen LogP contribution in [0.5, 0.6) is 0 Å². The molecule has 1 spiro atoms. The monoisotopic (exact) mass is 304 g/mol. The summed E-state index contributed by atoms with van der Waals surface area (Å²) in [4.78, 5) is 10.8. The van der Waals surface area contributed by atoms with E-state index in [0.29, 0.717) is 5.41 Å². The summed E-state index contributed by atoms with van der Waals surface area (Å²) in [5, 5.41) is 10.4. The summed E-state index contributed by atoms with van der Waals surface area (Å²) < 4.78 is 55.8. The van der Waals surface area contributed by atoms with Gasteiger partial charge >= 0.3 is 12.1 Å². The van der Waals surface area contributed by atoms with E-state index in [0.717, 1.165) is 39.0 Å². The summed E-state index contributed by atoms with van der Waals surface area (Å²) in [6.45, 7) is 3.85. The summed E-state index contributed by atoms with van der Waals surface area (Å²) in [5.41, 5.74) is 0.471. The Bertz CT molecular complexity index is 321. The quantitative estimate of drug-likeness (QED) is 0.761. The number of alkyl halides is 5. The Morgan fingerprint density at radius 3 is 1.95 bits per heavy atom. The number of hydrogen-bond donors (Lipinski definition) is 2. The summed E-state index contributed by atoms with van der Waals surface area (Å²) in [6.07, 6.45) is -5.08. The highest BCUT2D eigenvalue weighted by molar-refractivity contribution is 5.73. The first kappa shape index (κ1) is 17.1. The van der Waals surface area contributed by atoms with Gasteiger partial charge in [-0.15, -0.1) is 0 Å². The van der Waals surface area contributed by atoms with E-state index in [1.54, 1.807) is 0 Å². The smallest absolute Gasteiger partial charge is 0.475 e. The van der Waals surface area contributed by atoms with Gasteiger partial charge in [-0.1, -0.05) is 0 Å². The molecular formula is C11H17F5N2O2. The normalized spacial score (nSPS) is 22.1. The van der Waals surface area contributed by atoms with Crippen LogP contribution in [0.2, 0.25) is 0 Å². The molecule has 2 rings (SSSR count). The van der Waals surface area contributed by atoms with Crippen molar-refractivity contribution in [3.63, 3.8) is 0 Å². The van der Waals surface area contributed by atoms with Crippen molar-refractivity contribution in [2.45, 2.75) is 25.4 Å². The predicted molar refractivity (Wildman–Crippen MR) is 60.7 cm³/mol. The molecule has 0 aromatic heterocycles. The number of carboxylic acid groups (broad SMARTS) is 1. The fourth-order valence-electron chi connectivity index (χ4n) is 2.24. The standard InChI is InChI=1S/C9H16F2N2.C2HF3O2/c10-8(11)5-13-3-1-9(2-4-13)6-12-7-9;3-2(4,5)1(6)7/h8,12H,1-7H2;(H,6,7). The highest BCUT2D eigenvalue weighted by Gasteiger charge is 2.39. The Kier molecular flexibility index (Phi) is 5.69. The fourth-order valence-corrected chi connectivity index (χ4v) is 2.24. The summed E-state index contributed by atoms with van der Waals surface area (Å²) in [7, 11) is 0. The number of nitrogens with one attached hydrogen (secondary N) is 1. The average molecular weight is 304 g/mol. The van der Waals surface area contributed by atoms with Crippen molar-refractivity contribution >= 4 is 5.97 Å². The van der Waals surface area contributed by atoms with Crippen molar-refractivity contribution < 1.29 is 31.9 Å². The zero-order valence-corrected chi connectivity index (χ0v) is 10.7. The van der Waals surface area contributed by atoms with Gasteiger partial charge in [0.05, 0.1) is 6.54 Å². The third-order valence-corrected chi connectivity index (χ3v) is 3.56. The number of hydrogen-bond acceptors (Lipinski definition) is 3. The van der Waals surface area contributed by atoms with Gasteiger partial charge in [0.15, 0.2) is 0 Å². The van der Waals surface area contributed by atoms with Crippen molar-refractivity contribution in [3.05, 3.63) is 0 Å². The second-order valence-electron chi connectivity index (χ2n) is 5.10. The number of carboxylic acids is 1. The first-order chi connectivity index (χ1) is 9.15. The third kappa shape index (κ3) is 5.20. The molecule has 2 N–H and O–H groups in total. The molecule has 0 radical (unpaired) electrons. The number of rotatable bonds is 2. The van der Waals surface area contributed by atoms with Crippen LogP contribution in [-0.2, 0) is 4.79 Å². The molecule has 20 heavy (non-hydrogen) atoms. The first-order valence-corrected chi connectivity index (χ1v) is 6.16. The molecule has 0 aliphatic carbocycles. The van der Waals surface area contributed by atoms with E-state index in [-0.39, 0.29) is 6.54 Å². The van der Waals surface area contributed by atoms with E-state index in [1.807, 2.05) is 4.90 Å². The van der Waals surface area contributed by atoms with Crippen LogP contribution in [0.15, 0.2) is 0 Å². The molecular weight excluding hydrogens is 287 g/mol. The second kappa shape index (κ2) is 6.66. The Morgan fingerprint density at radius 2 is 1.70 bits per heavy atom. The van der Waals surface area contributed by atoms with E-state index in [4.69, 9.17) is 9.90 Å². The number of aliphatic carboxylic acids is 1.